The van der Waals surface area contributed by atoms with Crippen LogP contribution in [-0.4, -0.2) is 46.6 Å². The number of carbonyl (C=O) groups excluding carboxylic acids is 1. The summed E-state index contributed by atoms with van der Waals surface area (Å²) in [5, 5.41) is 17.0. The third-order valence-electron chi connectivity index (χ3n) is 1.45. The van der Waals surface area contributed by atoms with Gasteiger partial charge in [0.05, 0.1) is 6.54 Å². The molecule has 0 saturated carbocycles. The highest BCUT2D eigenvalue weighted by molar-refractivity contribution is 5.72. The number of halogens is 3. The van der Waals surface area contributed by atoms with E-state index in [1.54, 1.807) is 0 Å². The lowest BCUT2D eigenvalue weighted by atomic mass is 10.2. The van der Waals surface area contributed by atoms with E-state index in [0.717, 1.165) is 14.0 Å². The van der Waals surface area contributed by atoms with Crippen molar-refractivity contribution in [3.05, 3.63) is 0 Å². The Morgan fingerprint density at radius 1 is 1.38 bits per heavy atom. The van der Waals surface area contributed by atoms with Crippen LogP contribution in [0.2, 0.25) is 0 Å². The molecule has 2 N–H and O–H groups in total. The number of hydrogen-bond donors (Lipinski definition) is 2. The number of rotatable bonds is 2. The van der Waals surface area contributed by atoms with Gasteiger partial charge in [0.1, 0.15) is 0 Å². The van der Waals surface area contributed by atoms with Crippen molar-refractivity contribution in [2.45, 2.75) is 18.9 Å². The molecule has 0 radical (unpaired) electrons. The number of amides is 1. The van der Waals surface area contributed by atoms with Gasteiger partial charge in [0.25, 0.3) is 5.79 Å². The zero-order valence-electron chi connectivity index (χ0n) is 7.09. The lowest BCUT2D eigenvalue weighted by Crippen LogP contribution is -2.53. The first-order valence-electron chi connectivity index (χ1n) is 3.31. The van der Waals surface area contributed by atoms with Gasteiger partial charge in [-0.25, -0.2) is 0 Å². The van der Waals surface area contributed by atoms with Gasteiger partial charge in [-0.15, -0.1) is 0 Å². The van der Waals surface area contributed by atoms with Crippen molar-refractivity contribution < 1.29 is 28.2 Å². The standard InChI is InChI=1S/C6H10F3NO3/c1-4(11)10(2)3-5(12,13)6(7,8)9/h12-13H,3H2,1-2H3. The molecule has 0 aromatic heterocycles. The van der Waals surface area contributed by atoms with Crippen LogP contribution in [-0.2, 0) is 4.79 Å². The molecule has 7 heteroatoms. The van der Waals surface area contributed by atoms with Gasteiger partial charge in [-0.1, -0.05) is 0 Å². The van der Waals surface area contributed by atoms with Gasteiger partial charge >= 0.3 is 6.18 Å². The summed E-state index contributed by atoms with van der Waals surface area (Å²) in [5.74, 6) is -4.54. The maximum Gasteiger partial charge on any atom is 0.444 e. The van der Waals surface area contributed by atoms with Crippen LogP contribution < -0.4 is 0 Å². The first kappa shape index (κ1) is 12.2. The van der Waals surface area contributed by atoms with E-state index in [4.69, 9.17) is 10.2 Å². The Hall–Kier alpha value is -0.820. The van der Waals surface area contributed by atoms with E-state index >= 15 is 0 Å². The van der Waals surface area contributed by atoms with Gasteiger partial charge in [-0.3, -0.25) is 4.79 Å². The van der Waals surface area contributed by atoms with Crippen molar-refractivity contribution in [3.8, 4) is 0 Å². The van der Waals surface area contributed by atoms with Crippen LogP contribution in [0.15, 0.2) is 0 Å². The summed E-state index contributed by atoms with van der Waals surface area (Å²) < 4.78 is 35.5. The molecule has 1 amide bonds. The van der Waals surface area contributed by atoms with Crippen molar-refractivity contribution in [2.24, 2.45) is 0 Å². The molecule has 0 spiro atoms. The van der Waals surface area contributed by atoms with Gasteiger partial charge in [-0.2, -0.15) is 13.2 Å². The zero-order chi connectivity index (χ0) is 10.9. The monoisotopic (exact) mass is 201 g/mol. The summed E-state index contributed by atoms with van der Waals surface area (Å²) in [5.41, 5.74) is 0. The Morgan fingerprint density at radius 2 is 1.77 bits per heavy atom. The fourth-order valence-corrected chi connectivity index (χ4v) is 0.532. The van der Waals surface area contributed by atoms with Crippen LogP contribution in [0, 0.1) is 0 Å². The lowest BCUT2D eigenvalue weighted by Gasteiger charge is -2.28. The van der Waals surface area contributed by atoms with Crippen molar-refractivity contribution in [2.75, 3.05) is 13.6 Å². The minimum absolute atomic E-state index is 0.563. The molecular weight excluding hydrogens is 191 g/mol. The lowest BCUT2D eigenvalue weighted by molar-refractivity contribution is -0.350. The Bertz CT molecular complexity index is 202. The topological polar surface area (TPSA) is 60.8 Å². The normalized spacial score (nSPS) is 12.8. The van der Waals surface area contributed by atoms with E-state index in [0.29, 0.717) is 4.90 Å². The summed E-state index contributed by atoms with van der Waals surface area (Å²) >= 11 is 0. The second-order valence-electron chi connectivity index (χ2n) is 2.69. The van der Waals surface area contributed by atoms with Crippen molar-refractivity contribution in [1.82, 2.24) is 4.90 Å². The van der Waals surface area contributed by atoms with Crippen molar-refractivity contribution in [3.63, 3.8) is 0 Å². The molecule has 13 heavy (non-hydrogen) atoms. The summed E-state index contributed by atoms with van der Waals surface area (Å²) in [7, 11) is 1.04. The molecule has 0 heterocycles. The Kier molecular flexibility index (Phi) is 3.28. The molecule has 0 atom stereocenters. The number of carbonyl (C=O) groups is 1. The minimum Gasteiger partial charge on any atom is -0.357 e. The molecule has 78 valence electrons. The highest BCUT2D eigenvalue weighted by Gasteiger charge is 2.53. The van der Waals surface area contributed by atoms with Crippen LogP contribution in [0.1, 0.15) is 6.92 Å². The quantitative estimate of drug-likeness (QED) is 0.603. The summed E-state index contributed by atoms with van der Waals surface area (Å²) in [6.45, 7) is -0.182. The zero-order valence-corrected chi connectivity index (χ0v) is 7.09. The first-order chi connectivity index (χ1) is 5.58. The second-order valence-corrected chi connectivity index (χ2v) is 2.69. The summed E-state index contributed by atoms with van der Waals surface area (Å²) in [6, 6.07) is 0. The minimum atomic E-state index is -5.17. The van der Waals surface area contributed by atoms with Crippen molar-refractivity contribution >= 4 is 5.91 Å². The predicted octanol–water partition coefficient (Wildman–Crippen LogP) is -0.292. The van der Waals surface area contributed by atoms with E-state index in [9.17, 15) is 18.0 Å². The first-order valence-corrected chi connectivity index (χ1v) is 3.31. The van der Waals surface area contributed by atoms with E-state index < -0.39 is 24.4 Å². The molecular formula is C6H10F3NO3. The molecule has 0 saturated heterocycles. The van der Waals surface area contributed by atoms with Crippen LogP contribution in [0.3, 0.4) is 0 Å². The molecule has 0 rings (SSSR count). The predicted molar refractivity (Wildman–Crippen MR) is 36.5 cm³/mol. The van der Waals surface area contributed by atoms with Gasteiger partial charge in [0, 0.05) is 14.0 Å². The van der Waals surface area contributed by atoms with Crippen LogP contribution >= 0.6 is 0 Å². The van der Waals surface area contributed by atoms with E-state index in [1.165, 1.54) is 0 Å². The number of alkyl halides is 3. The highest BCUT2D eigenvalue weighted by Crippen LogP contribution is 2.28. The molecule has 0 aliphatic heterocycles. The maximum atomic E-state index is 11.8. The highest BCUT2D eigenvalue weighted by atomic mass is 19.4. The average Bonchev–Trinajstić information content (AvgIpc) is 1.83. The molecule has 0 aliphatic rings. The number of nitrogens with zero attached hydrogens (tertiary/aromatic N) is 1. The van der Waals surface area contributed by atoms with Gasteiger partial charge < -0.3 is 15.1 Å². The molecule has 0 fully saturated rings. The van der Waals surface area contributed by atoms with Crippen LogP contribution in [0.5, 0.6) is 0 Å². The third-order valence-corrected chi connectivity index (χ3v) is 1.45. The number of aliphatic hydroxyl groups is 2. The van der Waals surface area contributed by atoms with Gasteiger partial charge in [-0.05, 0) is 0 Å². The van der Waals surface area contributed by atoms with E-state index in [2.05, 4.69) is 0 Å². The van der Waals surface area contributed by atoms with Crippen LogP contribution in [0.25, 0.3) is 0 Å². The Labute approximate surface area is 72.6 Å². The fourth-order valence-electron chi connectivity index (χ4n) is 0.532. The molecule has 0 unspecified atom stereocenters. The fraction of sp³-hybridized carbons (Fsp3) is 0.833. The summed E-state index contributed by atoms with van der Waals surface area (Å²) in [4.78, 5) is 11.0. The van der Waals surface area contributed by atoms with Gasteiger partial charge in [0.15, 0.2) is 0 Å². The maximum absolute atomic E-state index is 11.8. The van der Waals surface area contributed by atoms with E-state index in [-0.39, 0.29) is 0 Å². The number of likely N-dealkylation sites (N-methyl/N-ethyl adjacent to an activating group) is 1. The largest absolute Gasteiger partial charge is 0.444 e. The van der Waals surface area contributed by atoms with Crippen LogP contribution in [0.4, 0.5) is 13.2 Å². The molecule has 0 aliphatic carbocycles. The second kappa shape index (κ2) is 3.51. The average molecular weight is 201 g/mol. The SMILES string of the molecule is CC(=O)N(C)CC(O)(O)C(F)(F)F. The Balaban J connectivity index is 4.43. The van der Waals surface area contributed by atoms with Gasteiger partial charge in [0.2, 0.25) is 5.91 Å². The molecule has 0 bridgehead atoms. The molecule has 0 aromatic carbocycles. The molecule has 4 nitrogen and oxygen atoms in total. The smallest absolute Gasteiger partial charge is 0.357 e. The summed E-state index contributed by atoms with van der Waals surface area (Å²) in [6.07, 6.45) is -5.17. The number of hydrogen-bond acceptors (Lipinski definition) is 3. The van der Waals surface area contributed by atoms with Crippen molar-refractivity contribution in [1.29, 1.82) is 0 Å². The third kappa shape index (κ3) is 3.19. The van der Waals surface area contributed by atoms with E-state index in [1.807, 2.05) is 0 Å². The molecule has 0 aromatic rings. The Morgan fingerprint density at radius 3 is 2.00 bits per heavy atom.